The first-order valence-corrected chi connectivity index (χ1v) is 8.57. The number of ether oxygens (including phenoxy) is 1. The molecule has 3 aromatic carbocycles. The average molecular weight is 374 g/mol. The number of hydrogen-bond donors (Lipinski definition) is 2. The van der Waals surface area contributed by atoms with Crippen molar-refractivity contribution < 1.29 is 19.4 Å². The topological polar surface area (TPSA) is 88.0 Å². The number of hydrogen-bond acceptors (Lipinski definition) is 5. The zero-order valence-corrected chi connectivity index (χ0v) is 14.9. The summed E-state index contributed by atoms with van der Waals surface area (Å²) in [6, 6.07) is 24.5. The highest BCUT2D eigenvalue weighted by atomic mass is 16.5. The van der Waals surface area contributed by atoms with Gasteiger partial charge in [-0.2, -0.15) is 5.10 Å². The molecule has 0 fully saturated rings. The van der Waals surface area contributed by atoms with E-state index in [-0.39, 0.29) is 11.3 Å². The van der Waals surface area contributed by atoms with E-state index in [9.17, 15) is 14.7 Å². The maximum Gasteiger partial charge on any atom is 0.338 e. The van der Waals surface area contributed by atoms with Crippen LogP contribution in [-0.4, -0.2) is 29.3 Å². The SMILES string of the molecule is O=C(COC(=O)c1ccc(O)cc1)NN=C(c1ccccc1)c1ccccc1. The van der Waals surface area contributed by atoms with E-state index in [2.05, 4.69) is 10.5 Å². The molecule has 6 nitrogen and oxygen atoms in total. The molecule has 3 aromatic rings. The van der Waals surface area contributed by atoms with Crippen molar-refractivity contribution in [3.8, 4) is 5.75 Å². The number of nitrogens with one attached hydrogen (secondary N) is 1. The molecule has 6 heteroatoms. The van der Waals surface area contributed by atoms with Crippen molar-refractivity contribution in [3.63, 3.8) is 0 Å². The summed E-state index contributed by atoms with van der Waals surface area (Å²) < 4.78 is 4.97. The summed E-state index contributed by atoms with van der Waals surface area (Å²) in [4.78, 5) is 24.0. The molecule has 0 saturated heterocycles. The van der Waals surface area contributed by atoms with Crippen LogP contribution >= 0.6 is 0 Å². The minimum atomic E-state index is -0.662. The second-order valence-corrected chi connectivity index (χ2v) is 5.85. The van der Waals surface area contributed by atoms with Crippen molar-refractivity contribution in [3.05, 3.63) is 102 Å². The van der Waals surface area contributed by atoms with Gasteiger partial charge in [-0.05, 0) is 24.3 Å². The quantitative estimate of drug-likeness (QED) is 0.394. The van der Waals surface area contributed by atoms with E-state index in [0.29, 0.717) is 5.71 Å². The molecule has 0 spiro atoms. The first-order chi connectivity index (χ1) is 13.6. The number of carbonyl (C=O) groups is 2. The summed E-state index contributed by atoms with van der Waals surface area (Å²) in [5.41, 5.74) is 4.95. The lowest BCUT2D eigenvalue weighted by atomic mass is 10.0. The van der Waals surface area contributed by atoms with Gasteiger partial charge in [0.05, 0.1) is 11.3 Å². The van der Waals surface area contributed by atoms with Crippen molar-refractivity contribution in [2.75, 3.05) is 6.61 Å². The molecule has 0 unspecified atom stereocenters. The molecule has 1 amide bonds. The Morgan fingerprint density at radius 3 is 1.86 bits per heavy atom. The molecular formula is C22H18N2O4. The number of esters is 1. The van der Waals surface area contributed by atoms with Gasteiger partial charge in [-0.25, -0.2) is 10.2 Å². The Balaban J connectivity index is 1.66. The van der Waals surface area contributed by atoms with Crippen LogP contribution in [0.5, 0.6) is 5.75 Å². The Morgan fingerprint density at radius 2 is 1.32 bits per heavy atom. The largest absolute Gasteiger partial charge is 0.508 e. The van der Waals surface area contributed by atoms with Crippen LogP contribution in [0.2, 0.25) is 0 Å². The number of phenolic OH excluding ortho intramolecular Hbond substituents is 1. The number of carbonyl (C=O) groups excluding carboxylic acids is 2. The van der Waals surface area contributed by atoms with Crippen molar-refractivity contribution in [1.82, 2.24) is 5.43 Å². The van der Waals surface area contributed by atoms with Gasteiger partial charge in [-0.15, -0.1) is 0 Å². The van der Waals surface area contributed by atoms with Gasteiger partial charge in [0.2, 0.25) is 0 Å². The second-order valence-electron chi connectivity index (χ2n) is 5.85. The van der Waals surface area contributed by atoms with Crippen molar-refractivity contribution in [2.45, 2.75) is 0 Å². The van der Waals surface area contributed by atoms with Crippen LogP contribution in [-0.2, 0) is 9.53 Å². The summed E-state index contributed by atoms with van der Waals surface area (Å²) in [6.45, 7) is -0.472. The monoisotopic (exact) mass is 374 g/mol. The number of benzene rings is 3. The minimum absolute atomic E-state index is 0.0398. The molecule has 3 rings (SSSR count). The second kappa shape index (κ2) is 9.14. The Labute approximate surface area is 162 Å². The average Bonchev–Trinajstić information content (AvgIpc) is 2.74. The molecule has 0 heterocycles. The van der Waals surface area contributed by atoms with E-state index in [1.165, 1.54) is 24.3 Å². The number of hydrazone groups is 1. The molecule has 0 atom stereocenters. The van der Waals surface area contributed by atoms with Crippen molar-refractivity contribution in [1.29, 1.82) is 0 Å². The maximum atomic E-state index is 12.1. The van der Waals surface area contributed by atoms with Crippen LogP contribution < -0.4 is 5.43 Å². The van der Waals surface area contributed by atoms with Gasteiger partial charge in [0.25, 0.3) is 5.91 Å². The Morgan fingerprint density at radius 1 is 0.786 bits per heavy atom. The minimum Gasteiger partial charge on any atom is -0.508 e. The lowest BCUT2D eigenvalue weighted by Crippen LogP contribution is -2.26. The zero-order valence-electron chi connectivity index (χ0n) is 14.9. The third-order valence-corrected chi connectivity index (χ3v) is 3.82. The number of nitrogens with zero attached hydrogens (tertiary/aromatic N) is 1. The van der Waals surface area contributed by atoms with Gasteiger partial charge < -0.3 is 9.84 Å². The number of amides is 1. The summed E-state index contributed by atoms with van der Waals surface area (Å²) in [7, 11) is 0. The van der Waals surface area contributed by atoms with Crippen molar-refractivity contribution >= 4 is 17.6 Å². The van der Waals surface area contributed by atoms with Crippen molar-refractivity contribution in [2.24, 2.45) is 5.10 Å². The molecule has 0 aliphatic carbocycles. The van der Waals surface area contributed by atoms with Crippen LogP contribution in [0.15, 0.2) is 90.0 Å². The van der Waals surface area contributed by atoms with E-state index in [1.54, 1.807) is 0 Å². The van der Waals surface area contributed by atoms with Gasteiger partial charge in [0.1, 0.15) is 5.75 Å². The summed E-state index contributed by atoms with van der Waals surface area (Å²) in [6.07, 6.45) is 0. The van der Waals surface area contributed by atoms with E-state index in [1.807, 2.05) is 60.7 Å². The van der Waals surface area contributed by atoms with E-state index >= 15 is 0 Å². The maximum absolute atomic E-state index is 12.1. The highest BCUT2D eigenvalue weighted by Crippen LogP contribution is 2.11. The summed E-state index contributed by atoms with van der Waals surface area (Å²) >= 11 is 0. The molecule has 0 bridgehead atoms. The summed E-state index contributed by atoms with van der Waals surface area (Å²) in [5, 5.41) is 13.5. The molecule has 0 radical (unpaired) electrons. The molecule has 140 valence electrons. The van der Waals surface area contributed by atoms with Gasteiger partial charge in [-0.1, -0.05) is 60.7 Å². The van der Waals surface area contributed by atoms with Crippen LogP contribution in [0.4, 0.5) is 0 Å². The molecule has 0 aliphatic rings. The zero-order chi connectivity index (χ0) is 19.8. The highest BCUT2D eigenvalue weighted by Gasteiger charge is 2.11. The number of aromatic hydroxyl groups is 1. The Kier molecular flexibility index (Phi) is 6.15. The first-order valence-electron chi connectivity index (χ1n) is 8.57. The Bertz CT molecular complexity index is 927. The Hall–Kier alpha value is -3.93. The van der Waals surface area contributed by atoms with Gasteiger partial charge in [-0.3, -0.25) is 4.79 Å². The molecular weight excluding hydrogens is 356 g/mol. The third-order valence-electron chi connectivity index (χ3n) is 3.82. The van der Waals surface area contributed by atoms with E-state index in [0.717, 1.165) is 11.1 Å². The van der Waals surface area contributed by atoms with Crippen LogP contribution in [0.3, 0.4) is 0 Å². The third kappa shape index (κ3) is 5.04. The van der Waals surface area contributed by atoms with Crippen LogP contribution in [0.25, 0.3) is 0 Å². The predicted octanol–water partition coefficient (Wildman–Crippen LogP) is 3.12. The lowest BCUT2D eigenvalue weighted by molar-refractivity contribution is -0.124. The van der Waals surface area contributed by atoms with E-state index < -0.39 is 18.5 Å². The number of phenols is 1. The highest BCUT2D eigenvalue weighted by molar-refractivity contribution is 6.13. The van der Waals surface area contributed by atoms with Gasteiger partial charge >= 0.3 is 5.97 Å². The molecule has 0 saturated carbocycles. The summed E-state index contributed by atoms with van der Waals surface area (Å²) in [5.74, 6) is -1.18. The molecule has 0 aromatic heterocycles. The van der Waals surface area contributed by atoms with Gasteiger partial charge in [0.15, 0.2) is 6.61 Å². The van der Waals surface area contributed by atoms with Crippen LogP contribution in [0, 0.1) is 0 Å². The van der Waals surface area contributed by atoms with E-state index in [4.69, 9.17) is 4.74 Å². The number of rotatable bonds is 6. The normalized spacial score (nSPS) is 10.0. The molecule has 0 aliphatic heterocycles. The first kappa shape index (κ1) is 18.8. The fourth-order valence-electron chi connectivity index (χ4n) is 2.45. The predicted molar refractivity (Wildman–Crippen MR) is 105 cm³/mol. The van der Waals surface area contributed by atoms with Crippen LogP contribution in [0.1, 0.15) is 21.5 Å². The standard InChI is InChI=1S/C22H18N2O4/c25-19-13-11-18(12-14-19)22(27)28-15-20(26)23-24-21(16-7-3-1-4-8-16)17-9-5-2-6-10-17/h1-14,25H,15H2,(H,23,26). The molecule has 2 N–H and O–H groups in total. The fourth-order valence-corrected chi connectivity index (χ4v) is 2.45. The molecule has 28 heavy (non-hydrogen) atoms. The fraction of sp³-hybridized carbons (Fsp3) is 0.0455. The smallest absolute Gasteiger partial charge is 0.338 e. The van der Waals surface area contributed by atoms with Gasteiger partial charge in [0, 0.05) is 11.1 Å². The lowest BCUT2D eigenvalue weighted by Gasteiger charge is -2.08.